The number of carbonyl (C=O) groups is 1. The summed E-state index contributed by atoms with van der Waals surface area (Å²) in [5, 5.41) is 18.1. The fourth-order valence-corrected chi connectivity index (χ4v) is 2.76. The lowest BCUT2D eigenvalue weighted by atomic mass is 10.3. The van der Waals surface area contributed by atoms with Crippen molar-refractivity contribution in [2.24, 2.45) is 7.05 Å². The molecule has 0 fully saturated rings. The molecule has 0 spiro atoms. The second-order valence-corrected chi connectivity index (χ2v) is 5.73. The second-order valence-electron chi connectivity index (χ2n) is 5.35. The van der Waals surface area contributed by atoms with Crippen molar-refractivity contribution in [3.8, 4) is 11.8 Å². The van der Waals surface area contributed by atoms with Crippen LogP contribution in [0.25, 0.3) is 5.69 Å². The lowest BCUT2D eigenvalue weighted by Gasteiger charge is -2.10. The van der Waals surface area contributed by atoms with Gasteiger partial charge in [0.25, 0.3) is 5.91 Å². The summed E-state index contributed by atoms with van der Waals surface area (Å²) in [5.74, 6) is -0.959. The number of aryl methyl sites for hydroxylation is 1. The summed E-state index contributed by atoms with van der Waals surface area (Å²) >= 11 is 5.73. The molecule has 2 heterocycles. The summed E-state index contributed by atoms with van der Waals surface area (Å²) in [6.07, 6.45) is -3.58. The zero-order valence-electron chi connectivity index (χ0n) is 13.6. The number of alkyl halides is 3. The molecule has 0 radical (unpaired) electrons. The number of para-hydroxylation sites is 1. The standard InChI is InChI=1S/C16H10ClF3N6O/c1-25-12(11(17)13(24-25)16(18,19)20)15(27)23-14-9(7-21)8-22-26(14)10-5-3-2-4-6-10/h2-6,8H,1H3,(H,23,27). The van der Waals surface area contributed by atoms with E-state index in [2.05, 4.69) is 15.5 Å². The van der Waals surface area contributed by atoms with Crippen molar-refractivity contribution < 1.29 is 18.0 Å². The number of nitriles is 1. The van der Waals surface area contributed by atoms with Crippen molar-refractivity contribution in [2.75, 3.05) is 5.32 Å². The number of benzene rings is 1. The summed E-state index contributed by atoms with van der Waals surface area (Å²) in [6.45, 7) is 0. The highest BCUT2D eigenvalue weighted by molar-refractivity contribution is 6.34. The third-order valence-electron chi connectivity index (χ3n) is 3.60. The molecule has 27 heavy (non-hydrogen) atoms. The van der Waals surface area contributed by atoms with E-state index in [1.165, 1.54) is 10.9 Å². The molecule has 0 aliphatic carbocycles. The number of nitrogens with one attached hydrogen (secondary N) is 1. The maximum atomic E-state index is 12.9. The van der Waals surface area contributed by atoms with Gasteiger partial charge in [0, 0.05) is 7.05 Å². The zero-order valence-corrected chi connectivity index (χ0v) is 14.4. The molecule has 138 valence electrons. The van der Waals surface area contributed by atoms with Crippen LogP contribution < -0.4 is 5.32 Å². The SMILES string of the molecule is Cn1nc(C(F)(F)F)c(Cl)c1C(=O)Nc1c(C#N)cnn1-c1ccccc1. The summed E-state index contributed by atoms with van der Waals surface area (Å²) in [4.78, 5) is 12.6. The molecule has 0 unspecified atom stereocenters. The number of amides is 1. The van der Waals surface area contributed by atoms with Crippen LogP contribution in [0.1, 0.15) is 21.7 Å². The number of anilines is 1. The lowest BCUT2D eigenvalue weighted by molar-refractivity contribution is -0.141. The molecule has 3 rings (SSSR count). The van der Waals surface area contributed by atoms with E-state index in [4.69, 9.17) is 11.6 Å². The topological polar surface area (TPSA) is 88.5 Å². The van der Waals surface area contributed by atoms with Gasteiger partial charge in [-0.1, -0.05) is 29.8 Å². The van der Waals surface area contributed by atoms with Gasteiger partial charge in [-0.3, -0.25) is 9.48 Å². The van der Waals surface area contributed by atoms with Crippen LogP contribution >= 0.6 is 11.6 Å². The van der Waals surface area contributed by atoms with E-state index in [-0.39, 0.29) is 11.4 Å². The van der Waals surface area contributed by atoms with Crippen LogP contribution in [0, 0.1) is 11.3 Å². The number of carbonyl (C=O) groups excluding carboxylic acids is 1. The molecule has 7 nitrogen and oxygen atoms in total. The number of aromatic nitrogens is 4. The number of rotatable bonds is 3. The summed E-state index contributed by atoms with van der Waals surface area (Å²) in [6, 6.07) is 10.5. The lowest BCUT2D eigenvalue weighted by Crippen LogP contribution is -2.19. The molecule has 11 heteroatoms. The molecule has 1 amide bonds. The van der Waals surface area contributed by atoms with Crippen molar-refractivity contribution in [2.45, 2.75) is 6.18 Å². The minimum Gasteiger partial charge on any atom is -0.304 e. The van der Waals surface area contributed by atoms with Gasteiger partial charge >= 0.3 is 6.18 Å². The predicted octanol–water partition coefficient (Wildman–Crippen LogP) is 3.40. The first-order valence-corrected chi connectivity index (χ1v) is 7.76. The van der Waals surface area contributed by atoms with Gasteiger partial charge in [-0.2, -0.15) is 28.6 Å². The molecule has 2 aromatic heterocycles. The first-order valence-electron chi connectivity index (χ1n) is 7.38. The molecule has 3 aromatic rings. The number of hydrogen-bond acceptors (Lipinski definition) is 4. The van der Waals surface area contributed by atoms with E-state index < -0.39 is 28.5 Å². The average Bonchev–Trinajstić information content (AvgIpc) is 3.15. The fourth-order valence-electron chi connectivity index (χ4n) is 2.41. The van der Waals surface area contributed by atoms with Crippen LogP contribution in [0.2, 0.25) is 5.02 Å². The second kappa shape index (κ2) is 6.77. The van der Waals surface area contributed by atoms with Crippen LogP contribution in [0.15, 0.2) is 36.5 Å². The van der Waals surface area contributed by atoms with Crippen molar-refractivity contribution in [1.82, 2.24) is 19.6 Å². The Morgan fingerprint density at radius 1 is 1.30 bits per heavy atom. The maximum absolute atomic E-state index is 12.9. The minimum atomic E-state index is -4.81. The first-order chi connectivity index (χ1) is 12.7. The van der Waals surface area contributed by atoms with Crippen molar-refractivity contribution >= 4 is 23.3 Å². The molecule has 0 bridgehead atoms. The molecule has 0 atom stereocenters. The molecule has 1 aromatic carbocycles. The zero-order chi connectivity index (χ0) is 19.8. The van der Waals surface area contributed by atoms with Crippen LogP contribution in [0.5, 0.6) is 0 Å². The largest absolute Gasteiger partial charge is 0.436 e. The van der Waals surface area contributed by atoms with Gasteiger partial charge in [-0.25, -0.2) is 4.68 Å². The van der Waals surface area contributed by atoms with E-state index in [1.54, 1.807) is 30.3 Å². The summed E-state index contributed by atoms with van der Waals surface area (Å²) < 4.78 is 40.8. The number of halogens is 4. The summed E-state index contributed by atoms with van der Waals surface area (Å²) in [7, 11) is 1.16. The van der Waals surface area contributed by atoms with E-state index in [0.29, 0.717) is 5.69 Å². The molecule has 0 aliphatic rings. The smallest absolute Gasteiger partial charge is 0.304 e. The van der Waals surface area contributed by atoms with E-state index >= 15 is 0 Å². The van der Waals surface area contributed by atoms with Crippen molar-refractivity contribution in [3.63, 3.8) is 0 Å². The molecular weight excluding hydrogens is 385 g/mol. The summed E-state index contributed by atoms with van der Waals surface area (Å²) in [5.41, 5.74) is -1.29. The Kier molecular flexibility index (Phi) is 4.63. The van der Waals surface area contributed by atoms with E-state index in [9.17, 15) is 23.2 Å². The molecule has 1 N–H and O–H groups in total. The highest BCUT2D eigenvalue weighted by atomic mass is 35.5. The van der Waals surface area contributed by atoms with Gasteiger partial charge in [0.2, 0.25) is 0 Å². The predicted molar refractivity (Wildman–Crippen MR) is 89.5 cm³/mol. The Bertz CT molecular complexity index is 1050. The highest BCUT2D eigenvalue weighted by Crippen LogP contribution is 2.35. The Labute approximate surface area is 155 Å². The van der Waals surface area contributed by atoms with Crippen LogP contribution in [-0.4, -0.2) is 25.5 Å². The molecule has 0 saturated carbocycles. The third kappa shape index (κ3) is 3.37. The molecular formula is C16H10ClF3N6O. The first kappa shape index (κ1) is 18.5. The normalized spacial score (nSPS) is 11.3. The van der Waals surface area contributed by atoms with Crippen LogP contribution in [0.3, 0.4) is 0 Å². The Morgan fingerprint density at radius 3 is 2.52 bits per heavy atom. The monoisotopic (exact) mass is 394 g/mol. The van der Waals surface area contributed by atoms with Gasteiger partial charge in [0.15, 0.2) is 11.5 Å². The fraction of sp³-hybridized carbons (Fsp3) is 0.125. The van der Waals surface area contributed by atoms with Gasteiger partial charge in [0.05, 0.1) is 11.9 Å². The van der Waals surface area contributed by atoms with Crippen LogP contribution in [-0.2, 0) is 13.2 Å². The molecule has 0 saturated heterocycles. The van der Waals surface area contributed by atoms with E-state index in [1.807, 2.05) is 6.07 Å². The third-order valence-corrected chi connectivity index (χ3v) is 3.95. The quantitative estimate of drug-likeness (QED) is 0.737. The van der Waals surface area contributed by atoms with Gasteiger partial charge in [-0.05, 0) is 12.1 Å². The molecule has 0 aliphatic heterocycles. The number of hydrogen-bond donors (Lipinski definition) is 1. The Morgan fingerprint density at radius 2 is 1.96 bits per heavy atom. The van der Waals surface area contributed by atoms with Crippen molar-refractivity contribution in [1.29, 1.82) is 5.26 Å². The van der Waals surface area contributed by atoms with E-state index in [0.717, 1.165) is 11.7 Å². The van der Waals surface area contributed by atoms with Gasteiger partial charge in [0.1, 0.15) is 22.3 Å². The Balaban J connectivity index is 2.03. The van der Waals surface area contributed by atoms with Gasteiger partial charge in [-0.15, -0.1) is 0 Å². The highest BCUT2D eigenvalue weighted by Gasteiger charge is 2.40. The van der Waals surface area contributed by atoms with Crippen molar-refractivity contribution in [3.05, 3.63) is 58.5 Å². The van der Waals surface area contributed by atoms with Crippen LogP contribution in [0.4, 0.5) is 19.0 Å². The maximum Gasteiger partial charge on any atom is 0.436 e. The Hall–Kier alpha value is -3.32. The van der Waals surface area contributed by atoms with Gasteiger partial charge < -0.3 is 5.32 Å². The number of nitrogens with zero attached hydrogens (tertiary/aromatic N) is 5. The average molecular weight is 395 g/mol. The minimum absolute atomic E-state index is 0.000439.